The summed E-state index contributed by atoms with van der Waals surface area (Å²) in [5.74, 6) is 1.02. The van der Waals surface area contributed by atoms with E-state index in [1.165, 1.54) is 0 Å². The first kappa shape index (κ1) is 24.1. The number of H-pyrrole nitrogens is 1. The van der Waals surface area contributed by atoms with E-state index in [-0.39, 0.29) is 22.8 Å². The van der Waals surface area contributed by atoms with E-state index in [0.717, 1.165) is 42.8 Å². The number of para-hydroxylation sites is 1. The van der Waals surface area contributed by atoms with Crippen LogP contribution in [0.5, 0.6) is 11.5 Å². The lowest BCUT2D eigenvalue weighted by molar-refractivity contribution is -0.180. The second kappa shape index (κ2) is 8.96. The lowest BCUT2D eigenvalue weighted by Gasteiger charge is -2.44. The van der Waals surface area contributed by atoms with Crippen molar-refractivity contribution in [2.24, 2.45) is 5.41 Å². The number of fused-ring (bicyclic) bond motifs is 2. The number of benzene rings is 1. The molecule has 1 atom stereocenters. The summed E-state index contributed by atoms with van der Waals surface area (Å²) in [5.41, 5.74) is 4.47. The van der Waals surface area contributed by atoms with Gasteiger partial charge in [0.05, 0.1) is 53.7 Å². The van der Waals surface area contributed by atoms with Crippen LogP contribution in [0.2, 0.25) is 5.02 Å². The standard InChI is InChI=1S/C28H31ClN4O4/c1-27(2)15-37-20(27)13-36-19-12-30-11-8-16(19)22-23(32-18-7-4-6-17(29)24(18)35-3)21-25(33-22)28(9-5-10-28)14-31-26(21)34/h4,6-8,11-12,20,32-33H,5,9-10,13-15H2,1-3H3,(H,31,34)/t20-/m0/s1. The highest BCUT2D eigenvalue weighted by molar-refractivity contribution is 6.32. The molecule has 2 aliphatic heterocycles. The molecule has 1 saturated carbocycles. The van der Waals surface area contributed by atoms with Crippen LogP contribution in [0.4, 0.5) is 11.4 Å². The van der Waals surface area contributed by atoms with Crippen molar-refractivity contribution in [2.75, 3.05) is 32.2 Å². The van der Waals surface area contributed by atoms with E-state index in [0.29, 0.717) is 46.6 Å². The predicted octanol–water partition coefficient (Wildman–Crippen LogP) is 5.45. The lowest BCUT2D eigenvalue weighted by atomic mass is 9.64. The van der Waals surface area contributed by atoms with Gasteiger partial charge in [0, 0.05) is 34.8 Å². The van der Waals surface area contributed by atoms with Gasteiger partial charge in [0.25, 0.3) is 5.91 Å². The highest BCUT2D eigenvalue weighted by atomic mass is 35.5. The number of rotatable bonds is 7. The van der Waals surface area contributed by atoms with Crippen molar-refractivity contribution >= 4 is 28.9 Å². The summed E-state index contributed by atoms with van der Waals surface area (Å²) in [6, 6.07) is 7.41. The average molecular weight is 523 g/mol. The van der Waals surface area contributed by atoms with Crippen LogP contribution in [0.15, 0.2) is 36.7 Å². The molecule has 2 aromatic heterocycles. The minimum absolute atomic E-state index is 0.00902. The van der Waals surface area contributed by atoms with Gasteiger partial charge in [-0.25, -0.2) is 0 Å². The number of carbonyl (C=O) groups is 1. The Bertz CT molecular complexity index is 1360. The van der Waals surface area contributed by atoms with Crippen molar-refractivity contribution in [1.29, 1.82) is 0 Å². The molecule has 0 unspecified atom stereocenters. The van der Waals surface area contributed by atoms with E-state index in [2.05, 4.69) is 34.4 Å². The smallest absolute Gasteiger partial charge is 0.255 e. The molecule has 1 amide bonds. The topological polar surface area (TPSA) is 97.5 Å². The normalized spacial score (nSPS) is 20.9. The SMILES string of the molecule is COc1c(Cl)cccc1Nc1c(-c2ccncc2OC[C@@H]2OCC2(C)C)[nH]c2c1C(=O)NCC21CCC1. The number of nitrogens with one attached hydrogen (secondary N) is 3. The van der Waals surface area contributed by atoms with Gasteiger partial charge in [-0.05, 0) is 31.0 Å². The first-order chi connectivity index (χ1) is 17.8. The molecular formula is C28H31ClN4O4. The van der Waals surface area contributed by atoms with Crippen LogP contribution in [0, 0.1) is 5.41 Å². The second-order valence-electron chi connectivity index (χ2n) is 10.9. The number of aromatic nitrogens is 2. The van der Waals surface area contributed by atoms with Crippen molar-refractivity contribution < 1.29 is 19.0 Å². The number of carbonyl (C=O) groups excluding carboxylic acids is 1. The van der Waals surface area contributed by atoms with Crippen molar-refractivity contribution in [2.45, 2.75) is 44.6 Å². The van der Waals surface area contributed by atoms with E-state index in [4.69, 9.17) is 25.8 Å². The van der Waals surface area contributed by atoms with Crippen LogP contribution in [0.25, 0.3) is 11.3 Å². The molecule has 3 N–H and O–H groups in total. The van der Waals surface area contributed by atoms with Crippen LogP contribution in [-0.2, 0) is 10.2 Å². The molecule has 0 radical (unpaired) electrons. The van der Waals surface area contributed by atoms with Gasteiger partial charge < -0.3 is 29.8 Å². The fraction of sp³-hybridized carbons (Fsp3) is 0.429. The molecule has 8 nitrogen and oxygen atoms in total. The Balaban J connectivity index is 1.47. The Morgan fingerprint density at radius 1 is 1.27 bits per heavy atom. The van der Waals surface area contributed by atoms with Crippen LogP contribution in [-0.4, -0.2) is 48.8 Å². The minimum Gasteiger partial charge on any atom is -0.493 e. The van der Waals surface area contributed by atoms with Gasteiger partial charge in [-0.1, -0.05) is 37.9 Å². The summed E-state index contributed by atoms with van der Waals surface area (Å²) in [6.45, 7) is 6.11. The summed E-state index contributed by atoms with van der Waals surface area (Å²) < 4.78 is 17.6. The quantitative estimate of drug-likeness (QED) is 0.381. The number of amides is 1. The number of aromatic amines is 1. The molecule has 37 heavy (non-hydrogen) atoms. The number of methoxy groups -OCH3 is 1. The summed E-state index contributed by atoms with van der Waals surface area (Å²) in [4.78, 5) is 21.3. The second-order valence-corrected chi connectivity index (χ2v) is 11.3. The summed E-state index contributed by atoms with van der Waals surface area (Å²) >= 11 is 6.42. The molecular weight excluding hydrogens is 492 g/mol. The lowest BCUT2D eigenvalue weighted by Crippen LogP contribution is -2.50. The van der Waals surface area contributed by atoms with Gasteiger partial charge in [0.1, 0.15) is 12.4 Å². The predicted molar refractivity (Wildman–Crippen MR) is 142 cm³/mol. The van der Waals surface area contributed by atoms with Crippen LogP contribution >= 0.6 is 11.6 Å². The van der Waals surface area contributed by atoms with Gasteiger partial charge in [-0.2, -0.15) is 0 Å². The third kappa shape index (κ3) is 3.94. The molecule has 4 heterocycles. The van der Waals surface area contributed by atoms with E-state index < -0.39 is 0 Å². The fourth-order valence-corrected chi connectivity index (χ4v) is 5.78. The molecule has 6 rings (SSSR count). The molecule has 1 aromatic carbocycles. The maximum absolute atomic E-state index is 13.3. The van der Waals surface area contributed by atoms with E-state index in [9.17, 15) is 4.79 Å². The molecule has 194 valence electrons. The summed E-state index contributed by atoms with van der Waals surface area (Å²) in [7, 11) is 1.58. The van der Waals surface area contributed by atoms with Crippen LogP contribution in [0.3, 0.4) is 0 Å². The summed E-state index contributed by atoms with van der Waals surface area (Å²) in [6.07, 6.45) is 6.63. The molecule has 2 fully saturated rings. The Labute approximate surface area is 221 Å². The highest BCUT2D eigenvalue weighted by Crippen LogP contribution is 2.51. The van der Waals surface area contributed by atoms with Gasteiger partial charge >= 0.3 is 0 Å². The summed E-state index contributed by atoms with van der Waals surface area (Å²) in [5, 5.41) is 7.09. The Hall–Kier alpha value is -3.23. The zero-order chi connectivity index (χ0) is 25.8. The number of ether oxygens (including phenoxy) is 3. The molecule has 1 spiro atoms. The third-order valence-corrected chi connectivity index (χ3v) is 8.36. The number of hydrogen-bond donors (Lipinski definition) is 3. The van der Waals surface area contributed by atoms with Gasteiger partial charge in [-0.15, -0.1) is 0 Å². The average Bonchev–Trinajstić information content (AvgIpc) is 3.23. The molecule has 9 heteroatoms. The van der Waals surface area contributed by atoms with Crippen molar-refractivity contribution in [3.63, 3.8) is 0 Å². The largest absolute Gasteiger partial charge is 0.493 e. The molecule has 3 aliphatic rings. The number of halogens is 1. The molecule has 3 aromatic rings. The third-order valence-electron chi connectivity index (χ3n) is 8.06. The van der Waals surface area contributed by atoms with Gasteiger partial charge in [-0.3, -0.25) is 9.78 Å². The first-order valence-corrected chi connectivity index (χ1v) is 13.0. The number of nitrogens with zero attached hydrogens (tertiary/aromatic N) is 1. The number of pyridine rings is 1. The van der Waals surface area contributed by atoms with Gasteiger partial charge in [0.2, 0.25) is 0 Å². The Morgan fingerprint density at radius 3 is 2.78 bits per heavy atom. The monoisotopic (exact) mass is 522 g/mol. The number of anilines is 2. The zero-order valence-corrected chi connectivity index (χ0v) is 22.0. The Kier molecular flexibility index (Phi) is 5.84. The highest BCUT2D eigenvalue weighted by Gasteiger charge is 2.47. The fourth-order valence-electron chi connectivity index (χ4n) is 5.53. The molecule has 0 bridgehead atoms. The Morgan fingerprint density at radius 2 is 2.11 bits per heavy atom. The first-order valence-electron chi connectivity index (χ1n) is 12.7. The van der Waals surface area contributed by atoms with Crippen molar-refractivity contribution in [3.05, 3.63) is 52.9 Å². The van der Waals surface area contributed by atoms with E-state index in [1.807, 2.05) is 18.2 Å². The molecule has 1 saturated heterocycles. The maximum atomic E-state index is 13.3. The van der Waals surface area contributed by atoms with E-state index in [1.54, 1.807) is 25.6 Å². The van der Waals surface area contributed by atoms with Gasteiger partial charge in [0.15, 0.2) is 5.75 Å². The van der Waals surface area contributed by atoms with Crippen LogP contribution in [0.1, 0.15) is 49.2 Å². The minimum atomic E-state index is -0.111. The molecule has 1 aliphatic carbocycles. The maximum Gasteiger partial charge on any atom is 0.255 e. The van der Waals surface area contributed by atoms with Crippen molar-refractivity contribution in [3.8, 4) is 22.8 Å². The van der Waals surface area contributed by atoms with Crippen molar-refractivity contribution in [1.82, 2.24) is 15.3 Å². The van der Waals surface area contributed by atoms with E-state index >= 15 is 0 Å². The zero-order valence-electron chi connectivity index (χ0n) is 21.2. The van der Waals surface area contributed by atoms with Crippen LogP contribution < -0.4 is 20.1 Å². The number of hydrogen-bond acceptors (Lipinski definition) is 6.